The van der Waals surface area contributed by atoms with Gasteiger partial charge in [0.2, 0.25) is 0 Å². The molecule has 0 aliphatic heterocycles. The molecule has 0 aliphatic carbocycles. The van der Waals surface area contributed by atoms with Gasteiger partial charge in [-0.3, -0.25) is 14.6 Å². The second-order valence-corrected chi connectivity index (χ2v) is 5.57. The summed E-state index contributed by atoms with van der Waals surface area (Å²) in [6, 6.07) is 3.67. The van der Waals surface area contributed by atoms with E-state index in [1.54, 1.807) is 25.4 Å². The van der Waals surface area contributed by atoms with E-state index in [-0.39, 0.29) is 25.4 Å². The summed E-state index contributed by atoms with van der Waals surface area (Å²) in [7, 11) is 0. The van der Waals surface area contributed by atoms with Gasteiger partial charge in [-0.15, -0.1) is 0 Å². The van der Waals surface area contributed by atoms with Crippen LogP contribution in [0.3, 0.4) is 0 Å². The van der Waals surface area contributed by atoms with Gasteiger partial charge in [0.15, 0.2) is 5.41 Å². The van der Waals surface area contributed by atoms with Crippen molar-refractivity contribution in [1.82, 2.24) is 4.98 Å². The highest BCUT2D eigenvalue weighted by atomic mass is 16.5. The van der Waals surface area contributed by atoms with E-state index in [9.17, 15) is 14.7 Å². The van der Waals surface area contributed by atoms with Crippen LogP contribution in [-0.4, -0.2) is 28.6 Å². The van der Waals surface area contributed by atoms with E-state index in [0.717, 1.165) is 5.56 Å². The lowest BCUT2D eigenvalue weighted by Gasteiger charge is -2.28. The minimum Gasteiger partial charge on any atom is -0.480 e. The van der Waals surface area contributed by atoms with Crippen molar-refractivity contribution in [1.29, 1.82) is 0 Å². The SMILES string of the molecule is CCOC(=O)C(CCc1cccnc1)(CC(C)C)C(=O)O. The van der Waals surface area contributed by atoms with Crippen LogP contribution in [0.2, 0.25) is 0 Å². The number of ether oxygens (including phenoxy) is 1. The van der Waals surface area contributed by atoms with E-state index in [2.05, 4.69) is 4.98 Å². The molecule has 0 aromatic carbocycles. The summed E-state index contributed by atoms with van der Waals surface area (Å²) in [4.78, 5) is 28.0. The molecular weight excluding hydrogens is 270 g/mol. The number of carboxylic acid groups (broad SMARTS) is 1. The third-order valence-electron chi connectivity index (χ3n) is 3.40. The van der Waals surface area contributed by atoms with Gasteiger partial charge in [-0.05, 0) is 43.7 Å². The summed E-state index contributed by atoms with van der Waals surface area (Å²) in [6.07, 6.45) is 4.30. The molecule has 1 rings (SSSR count). The van der Waals surface area contributed by atoms with E-state index >= 15 is 0 Å². The molecule has 0 saturated carbocycles. The Morgan fingerprint density at radius 1 is 1.43 bits per heavy atom. The summed E-state index contributed by atoms with van der Waals surface area (Å²) in [6.45, 7) is 5.67. The predicted molar refractivity (Wildman–Crippen MR) is 78.7 cm³/mol. The van der Waals surface area contributed by atoms with Gasteiger partial charge in [0.1, 0.15) is 0 Å². The molecule has 116 valence electrons. The van der Waals surface area contributed by atoms with Crippen LogP contribution in [0.15, 0.2) is 24.5 Å². The van der Waals surface area contributed by atoms with E-state index < -0.39 is 17.4 Å². The lowest BCUT2D eigenvalue weighted by atomic mass is 9.75. The summed E-state index contributed by atoms with van der Waals surface area (Å²) in [5, 5.41) is 9.63. The molecule has 1 aromatic heterocycles. The van der Waals surface area contributed by atoms with Crippen LogP contribution in [-0.2, 0) is 20.7 Å². The number of carbonyl (C=O) groups is 2. The Kier molecular flexibility index (Phi) is 6.34. The number of nitrogens with zero attached hydrogens (tertiary/aromatic N) is 1. The van der Waals surface area contributed by atoms with Crippen LogP contribution < -0.4 is 0 Å². The van der Waals surface area contributed by atoms with Gasteiger partial charge in [-0.2, -0.15) is 0 Å². The summed E-state index contributed by atoms with van der Waals surface area (Å²) in [5.74, 6) is -1.67. The monoisotopic (exact) mass is 293 g/mol. The average Bonchev–Trinajstić information content (AvgIpc) is 2.44. The number of aromatic nitrogens is 1. The minimum atomic E-state index is -1.49. The van der Waals surface area contributed by atoms with Gasteiger partial charge in [0.25, 0.3) is 0 Å². The van der Waals surface area contributed by atoms with Crippen molar-refractivity contribution in [3.63, 3.8) is 0 Å². The number of pyridine rings is 1. The Balaban J connectivity index is 2.98. The van der Waals surface area contributed by atoms with Crippen LogP contribution >= 0.6 is 0 Å². The summed E-state index contributed by atoms with van der Waals surface area (Å²) < 4.78 is 5.02. The molecule has 0 radical (unpaired) electrons. The Morgan fingerprint density at radius 3 is 2.62 bits per heavy atom. The van der Waals surface area contributed by atoms with Gasteiger partial charge in [0, 0.05) is 12.4 Å². The Labute approximate surface area is 125 Å². The first-order valence-electron chi connectivity index (χ1n) is 7.22. The van der Waals surface area contributed by atoms with Gasteiger partial charge < -0.3 is 9.84 Å². The maximum Gasteiger partial charge on any atom is 0.323 e. The standard InChI is InChI=1S/C16H23NO4/c1-4-21-15(20)16(14(18)19,10-12(2)3)8-7-13-6-5-9-17-11-13/h5-6,9,11-12H,4,7-8,10H2,1-3H3,(H,18,19). The maximum absolute atomic E-state index is 12.2. The molecular formula is C16H23NO4. The first kappa shape index (κ1) is 17.1. The van der Waals surface area contributed by atoms with Crippen molar-refractivity contribution in [3.05, 3.63) is 30.1 Å². The zero-order chi connectivity index (χ0) is 15.9. The van der Waals surface area contributed by atoms with Gasteiger partial charge in [-0.25, -0.2) is 0 Å². The smallest absolute Gasteiger partial charge is 0.323 e. The van der Waals surface area contributed by atoms with Crippen LogP contribution in [0, 0.1) is 11.3 Å². The van der Waals surface area contributed by atoms with Crippen LogP contribution in [0.5, 0.6) is 0 Å². The summed E-state index contributed by atoms with van der Waals surface area (Å²) in [5.41, 5.74) is -0.573. The molecule has 0 spiro atoms. The zero-order valence-corrected chi connectivity index (χ0v) is 12.8. The molecule has 5 nitrogen and oxygen atoms in total. The molecule has 1 atom stereocenters. The van der Waals surface area contributed by atoms with Crippen molar-refractivity contribution in [3.8, 4) is 0 Å². The number of aryl methyl sites for hydroxylation is 1. The molecule has 1 N–H and O–H groups in total. The van der Waals surface area contributed by atoms with Crippen LogP contribution in [0.25, 0.3) is 0 Å². The molecule has 0 saturated heterocycles. The highest BCUT2D eigenvalue weighted by Crippen LogP contribution is 2.34. The van der Waals surface area contributed by atoms with E-state index in [0.29, 0.717) is 6.42 Å². The number of esters is 1. The van der Waals surface area contributed by atoms with Crippen LogP contribution in [0.4, 0.5) is 0 Å². The molecule has 5 heteroatoms. The topological polar surface area (TPSA) is 76.5 Å². The second kappa shape index (κ2) is 7.76. The normalized spacial score (nSPS) is 13.7. The molecule has 0 bridgehead atoms. The second-order valence-electron chi connectivity index (χ2n) is 5.57. The molecule has 1 unspecified atom stereocenters. The Morgan fingerprint density at radius 2 is 2.14 bits per heavy atom. The van der Waals surface area contributed by atoms with Gasteiger partial charge in [-0.1, -0.05) is 19.9 Å². The fraction of sp³-hybridized carbons (Fsp3) is 0.562. The molecule has 1 aromatic rings. The number of hydrogen-bond acceptors (Lipinski definition) is 4. The fourth-order valence-electron chi connectivity index (χ4n) is 2.44. The highest BCUT2D eigenvalue weighted by Gasteiger charge is 2.47. The van der Waals surface area contributed by atoms with E-state index in [1.807, 2.05) is 19.9 Å². The number of hydrogen-bond donors (Lipinski definition) is 1. The maximum atomic E-state index is 12.2. The quantitative estimate of drug-likeness (QED) is 0.589. The van der Waals surface area contributed by atoms with Crippen molar-refractivity contribution < 1.29 is 19.4 Å². The van der Waals surface area contributed by atoms with Crippen LogP contribution in [0.1, 0.15) is 39.2 Å². The van der Waals surface area contributed by atoms with Crippen molar-refractivity contribution in [2.45, 2.75) is 40.0 Å². The number of aliphatic carboxylic acids is 1. The lowest BCUT2D eigenvalue weighted by molar-refractivity contribution is -0.170. The van der Waals surface area contributed by atoms with Crippen molar-refractivity contribution in [2.75, 3.05) is 6.61 Å². The first-order chi connectivity index (χ1) is 9.92. The largest absolute Gasteiger partial charge is 0.480 e. The third kappa shape index (κ3) is 4.55. The molecule has 1 heterocycles. The lowest BCUT2D eigenvalue weighted by Crippen LogP contribution is -2.42. The number of rotatable bonds is 8. The molecule has 21 heavy (non-hydrogen) atoms. The van der Waals surface area contributed by atoms with Gasteiger partial charge >= 0.3 is 11.9 Å². The molecule has 0 fully saturated rings. The first-order valence-corrected chi connectivity index (χ1v) is 7.22. The van der Waals surface area contributed by atoms with Crippen molar-refractivity contribution in [2.24, 2.45) is 11.3 Å². The van der Waals surface area contributed by atoms with E-state index in [1.165, 1.54) is 0 Å². The van der Waals surface area contributed by atoms with Gasteiger partial charge in [0.05, 0.1) is 6.61 Å². The Bertz CT molecular complexity index is 472. The third-order valence-corrected chi connectivity index (χ3v) is 3.40. The molecule has 0 amide bonds. The number of carbonyl (C=O) groups excluding carboxylic acids is 1. The highest BCUT2D eigenvalue weighted by molar-refractivity contribution is 5.99. The average molecular weight is 293 g/mol. The summed E-state index contributed by atoms with van der Waals surface area (Å²) >= 11 is 0. The van der Waals surface area contributed by atoms with Crippen molar-refractivity contribution >= 4 is 11.9 Å². The zero-order valence-electron chi connectivity index (χ0n) is 12.8. The molecule has 0 aliphatic rings. The van der Waals surface area contributed by atoms with E-state index in [4.69, 9.17) is 4.74 Å². The number of carboxylic acids is 1. The minimum absolute atomic E-state index is 0.0828. The predicted octanol–water partition coefficient (Wildman–Crippen LogP) is 2.69. The Hall–Kier alpha value is -1.91. The fourth-order valence-corrected chi connectivity index (χ4v) is 2.44.